The first-order chi connectivity index (χ1) is 9.53. The molecule has 1 unspecified atom stereocenters. The van der Waals surface area contributed by atoms with E-state index in [1.807, 2.05) is 6.20 Å². The average Bonchev–Trinajstić information content (AvgIpc) is 2.81. The van der Waals surface area contributed by atoms with Crippen LogP contribution in [-0.2, 0) is 0 Å². The van der Waals surface area contributed by atoms with Crippen LogP contribution in [0.5, 0.6) is 0 Å². The summed E-state index contributed by atoms with van der Waals surface area (Å²) in [5, 5.41) is 3.81. The van der Waals surface area contributed by atoms with Gasteiger partial charge in [-0.15, -0.1) is 10.2 Å². The predicted octanol–water partition coefficient (Wildman–Crippen LogP) is 3.97. The highest BCUT2D eigenvalue weighted by molar-refractivity contribution is 8.46. The van der Waals surface area contributed by atoms with Crippen LogP contribution in [0.3, 0.4) is 0 Å². The van der Waals surface area contributed by atoms with Gasteiger partial charge in [0.15, 0.2) is 5.11 Å². The summed E-state index contributed by atoms with van der Waals surface area (Å²) in [6.07, 6.45) is 10.6. The Morgan fingerprint density at radius 1 is 1.50 bits per heavy atom. The van der Waals surface area contributed by atoms with Crippen molar-refractivity contribution in [3.63, 3.8) is 0 Å². The van der Waals surface area contributed by atoms with Crippen LogP contribution in [-0.4, -0.2) is 15.9 Å². The molecule has 0 radical (unpaired) electrons. The average molecular weight is 312 g/mol. The first kappa shape index (κ1) is 15.6. The van der Waals surface area contributed by atoms with Crippen LogP contribution in [0.1, 0.15) is 46.0 Å². The lowest BCUT2D eigenvalue weighted by Gasteiger charge is -2.38. The normalized spacial score (nSPS) is 28.8. The van der Waals surface area contributed by atoms with Gasteiger partial charge in [-0.2, -0.15) is 0 Å². The van der Waals surface area contributed by atoms with E-state index < -0.39 is 10.2 Å². The summed E-state index contributed by atoms with van der Waals surface area (Å²) < 4.78 is 3.37. The van der Waals surface area contributed by atoms with Crippen LogP contribution in [0.4, 0.5) is 0 Å². The molecule has 0 aromatic heterocycles. The number of nitrogens with two attached hydrogens (primary N) is 1. The molecule has 1 atom stereocenters. The third-order valence-corrected chi connectivity index (χ3v) is 7.35. The molecule has 0 saturated carbocycles. The molecule has 0 fully saturated rings. The van der Waals surface area contributed by atoms with Crippen molar-refractivity contribution in [2.45, 2.75) is 46.0 Å². The molecule has 2 rings (SSSR count). The van der Waals surface area contributed by atoms with Gasteiger partial charge in [0.2, 0.25) is 0 Å². The van der Waals surface area contributed by atoms with Crippen LogP contribution < -0.4 is 10.5 Å². The van der Waals surface area contributed by atoms with Crippen LogP contribution in [0.2, 0.25) is 0 Å². The Bertz CT molecular complexity index is 466. The summed E-state index contributed by atoms with van der Waals surface area (Å²) >= 11 is 5.10. The Hall–Kier alpha value is -0.810. The largest absolute Gasteiger partial charge is 0.376 e. The van der Waals surface area contributed by atoms with E-state index in [2.05, 4.69) is 35.0 Å². The molecule has 3 N–H and O–H groups in total. The number of nitrogens with zero attached hydrogens (tertiary/aromatic N) is 1. The molecule has 2 aliphatic rings. The van der Waals surface area contributed by atoms with E-state index in [4.69, 9.17) is 18.0 Å². The van der Waals surface area contributed by atoms with Gasteiger partial charge in [-0.3, -0.25) is 4.99 Å². The fraction of sp³-hybridized carbons (Fsp3) is 0.600. The van der Waals surface area contributed by atoms with Crippen molar-refractivity contribution in [2.24, 2.45) is 16.6 Å². The van der Waals surface area contributed by atoms with E-state index in [0.717, 1.165) is 12.2 Å². The number of rotatable bonds is 5. The third kappa shape index (κ3) is 3.64. The van der Waals surface area contributed by atoms with Crippen molar-refractivity contribution in [2.75, 3.05) is 5.75 Å². The minimum atomic E-state index is -1.29. The number of aliphatic imine (C=N–C) groups is 1. The van der Waals surface area contributed by atoms with Crippen molar-refractivity contribution in [1.82, 2.24) is 4.72 Å². The van der Waals surface area contributed by atoms with Gasteiger partial charge in [0.1, 0.15) is 0 Å². The molecule has 112 valence electrons. The van der Waals surface area contributed by atoms with Crippen molar-refractivity contribution < 1.29 is 0 Å². The van der Waals surface area contributed by atoms with Crippen LogP contribution >= 0.6 is 22.4 Å². The zero-order chi connectivity index (χ0) is 14.6. The molecule has 0 saturated heterocycles. The van der Waals surface area contributed by atoms with Gasteiger partial charge in [-0.05, 0) is 49.7 Å². The van der Waals surface area contributed by atoms with Crippen molar-refractivity contribution in [3.05, 3.63) is 23.3 Å². The van der Waals surface area contributed by atoms with Gasteiger partial charge in [0.25, 0.3) is 0 Å². The van der Waals surface area contributed by atoms with Crippen LogP contribution in [0.15, 0.2) is 28.2 Å². The first-order valence-corrected chi connectivity index (χ1v) is 9.61. The smallest absolute Gasteiger partial charge is 0.173 e. The molecule has 0 aromatic rings. The fourth-order valence-electron chi connectivity index (χ4n) is 2.85. The minimum absolute atomic E-state index is 0.387. The molecule has 0 amide bonds. The Morgan fingerprint density at radius 2 is 2.30 bits per heavy atom. The molecular formula is C15H25N3S2. The highest BCUT2D eigenvalue weighted by Gasteiger charge is 2.32. The fourth-order valence-corrected chi connectivity index (χ4v) is 6.36. The molecule has 3 nitrogen and oxygen atoms in total. The predicted molar refractivity (Wildman–Crippen MR) is 95.0 cm³/mol. The van der Waals surface area contributed by atoms with Gasteiger partial charge in [-0.1, -0.05) is 25.5 Å². The van der Waals surface area contributed by atoms with Gasteiger partial charge in [-0.25, -0.2) is 0 Å². The lowest BCUT2D eigenvalue weighted by molar-refractivity contribution is 0.685. The quantitative estimate of drug-likeness (QED) is 0.596. The van der Waals surface area contributed by atoms with E-state index in [9.17, 15) is 0 Å². The minimum Gasteiger partial charge on any atom is -0.376 e. The summed E-state index contributed by atoms with van der Waals surface area (Å²) in [6.45, 7) is 4.38. The Morgan fingerprint density at radius 3 is 2.90 bits per heavy atom. The second-order valence-electron chi connectivity index (χ2n) is 5.73. The van der Waals surface area contributed by atoms with E-state index >= 15 is 0 Å². The van der Waals surface area contributed by atoms with Crippen LogP contribution in [0, 0.1) is 5.92 Å². The summed E-state index contributed by atoms with van der Waals surface area (Å²) in [5.41, 5.74) is 7.36. The monoisotopic (exact) mass is 311 g/mol. The Kier molecular flexibility index (Phi) is 5.27. The molecule has 5 heteroatoms. The van der Waals surface area contributed by atoms with E-state index in [1.54, 1.807) is 5.57 Å². The van der Waals surface area contributed by atoms with Gasteiger partial charge >= 0.3 is 0 Å². The molecule has 1 heterocycles. The summed E-state index contributed by atoms with van der Waals surface area (Å²) in [4.78, 5) is 4.58. The second-order valence-corrected chi connectivity index (χ2v) is 9.06. The van der Waals surface area contributed by atoms with Crippen molar-refractivity contribution in [3.8, 4) is 0 Å². The van der Waals surface area contributed by atoms with Crippen molar-refractivity contribution >= 4 is 32.6 Å². The molecule has 20 heavy (non-hydrogen) atoms. The van der Waals surface area contributed by atoms with Gasteiger partial charge in [0, 0.05) is 17.9 Å². The molecule has 0 spiro atoms. The molecular weight excluding hydrogens is 286 g/mol. The second kappa shape index (κ2) is 6.76. The molecule has 1 aliphatic carbocycles. The number of allylic oxidation sites excluding steroid dienone is 2. The van der Waals surface area contributed by atoms with Crippen molar-refractivity contribution in [1.29, 1.82) is 0 Å². The number of thiocarbonyl (C=S) groups is 1. The van der Waals surface area contributed by atoms with Gasteiger partial charge < -0.3 is 10.5 Å². The standard InChI is InChI=1S/C15H25N3S2/c1-12(2)14-17-9-11-20(14,18-15(16)19)10-8-13-6-4-3-5-7-13/h6,9,11-12H,3-5,7-8,10H2,1-2H3,(H3,16,18,19). The van der Waals surface area contributed by atoms with Crippen LogP contribution in [0.25, 0.3) is 0 Å². The topological polar surface area (TPSA) is 50.4 Å². The number of nitrogens with one attached hydrogen (secondary N) is 1. The highest BCUT2D eigenvalue weighted by Crippen LogP contribution is 2.53. The molecule has 1 aliphatic heterocycles. The van der Waals surface area contributed by atoms with Gasteiger partial charge in [0.05, 0.1) is 5.04 Å². The summed E-state index contributed by atoms with van der Waals surface area (Å²) in [7, 11) is -1.29. The Labute approximate surface area is 129 Å². The SMILES string of the molecule is CC(C)C1=NC=CS1(CCC1=CCCCC1)NC(N)=S. The first-order valence-electron chi connectivity index (χ1n) is 7.34. The zero-order valence-corrected chi connectivity index (χ0v) is 14.0. The lowest BCUT2D eigenvalue weighted by Crippen LogP contribution is -2.37. The maximum atomic E-state index is 5.77. The highest BCUT2D eigenvalue weighted by atomic mass is 32.3. The van der Waals surface area contributed by atoms with E-state index in [-0.39, 0.29) is 0 Å². The number of hydrogen-bond acceptors (Lipinski definition) is 2. The summed E-state index contributed by atoms with van der Waals surface area (Å²) in [5.74, 6) is 1.48. The van der Waals surface area contributed by atoms with E-state index in [1.165, 1.54) is 30.7 Å². The molecule has 0 bridgehead atoms. The maximum absolute atomic E-state index is 5.77. The lowest BCUT2D eigenvalue weighted by atomic mass is 9.98. The third-order valence-electron chi connectivity index (χ3n) is 3.77. The number of hydrogen-bond donors (Lipinski definition) is 2. The summed E-state index contributed by atoms with van der Waals surface area (Å²) in [6, 6.07) is 0. The Balaban J connectivity index is 2.11. The molecule has 0 aromatic carbocycles. The van der Waals surface area contributed by atoms with E-state index in [0.29, 0.717) is 11.0 Å². The maximum Gasteiger partial charge on any atom is 0.173 e. The zero-order valence-electron chi connectivity index (χ0n) is 12.4.